The standard InChI is InChI=1S/C14H18N2O2/c1-14(17-6-7-18-14)13(15)8-10-9-16-12-5-3-2-4-11(10)12/h2-5,9,13,16H,6-8,15H2,1H3/t13-/m1/s1. The smallest absolute Gasteiger partial charge is 0.181 e. The van der Waals surface area contributed by atoms with E-state index in [9.17, 15) is 0 Å². The molecule has 96 valence electrons. The first-order chi connectivity index (χ1) is 8.69. The summed E-state index contributed by atoms with van der Waals surface area (Å²) >= 11 is 0. The van der Waals surface area contributed by atoms with Gasteiger partial charge in [0, 0.05) is 17.1 Å². The highest BCUT2D eigenvalue weighted by molar-refractivity contribution is 5.83. The van der Waals surface area contributed by atoms with Gasteiger partial charge < -0.3 is 20.2 Å². The zero-order chi connectivity index (χ0) is 12.6. The molecule has 0 bridgehead atoms. The molecule has 1 aliphatic rings. The van der Waals surface area contributed by atoms with Crippen LogP contribution in [0.2, 0.25) is 0 Å². The summed E-state index contributed by atoms with van der Waals surface area (Å²) in [4.78, 5) is 3.26. The lowest BCUT2D eigenvalue weighted by atomic mass is 10.00. The minimum Gasteiger partial charge on any atom is -0.361 e. The molecule has 1 aliphatic heterocycles. The molecule has 0 radical (unpaired) electrons. The van der Waals surface area contributed by atoms with Crippen molar-refractivity contribution in [3.05, 3.63) is 36.0 Å². The summed E-state index contributed by atoms with van der Waals surface area (Å²) in [6.07, 6.45) is 2.75. The van der Waals surface area contributed by atoms with Crippen LogP contribution in [0.25, 0.3) is 10.9 Å². The molecular weight excluding hydrogens is 228 g/mol. The van der Waals surface area contributed by atoms with Crippen LogP contribution < -0.4 is 5.73 Å². The summed E-state index contributed by atoms with van der Waals surface area (Å²) in [6, 6.07) is 8.06. The van der Waals surface area contributed by atoms with Crippen LogP contribution in [-0.2, 0) is 15.9 Å². The highest BCUT2D eigenvalue weighted by atomic mass is 16.7. The minimum absolute atomic E-state index is 0.167. The Balaban J connectivity index is 1.84. The van der Waals surface area contributed by atoms with Gasteiger partial charge in [-0.2, -0.15) is 0 Å². The van der Waals surface area contributed by atoms with Gasteiger partial charge in [-0.1, -0.05) is 18.2 Å². The van der Waals surface area contributed by atoms with E-state index in [4.69, 9.17) is 15.2 Å². The van der Waals surface area contributed by atoms with Crippen molar-refractivity contribution in [3.63, 3.8) is 0 Å². The van der Waals surface area contributed by atoms with Crippen molar-refractivity contribution in [3.8, 4) is 0 Å². The Morgan fingerprint density at radius 2 is 2.06 bits per heavy atom. The van der Waals surface area contributed by atoms with E-state index in [2.05, 4.69) is 17.1 Å². The highest BCUT2D eigenvalue weighted by Gasteiger charge is 2.37. The predicted molar refractivity (Wildman–Crippen MR) is 70.3 cm³/mol. The van der Waals surface area contributed by atoms with Gasteiger partial charge in [0.05, 0.1) is 19.3 Å². The van der Waals surface area contributed by atoms with Crippen molar-refractivity contribution in [1.29, 1.82) is 0 Å². The van der Waals surface area contributed by atoms with Crippen LogP contribution in [0, 0.1) is 0 Å². The Hall–Kier alpha value is -1.36. The maximum absolute atomic E-state index is 6.23. The van der Waals surface area contributed by atoms with E-state index >= 15 is 0 Å². The first-order valence-electron chi connectivity index (χ1n) is 6.27. The fourth-order valence-corrected chi connectivity index (χ4v) is 2.47. The van der Waals surface area contributed by atoms with Gasteiger partial charge in [0.2, 0.25) is 0 Å². The molecule has 0 unspecified atom stereocenters. The maximum atomic E-state index is 6.23. The first kappa shape index (κ1) is 11.7. The molecule has 18 heavy (non-hydrogen) atoms. The number of nitrogens with two attached hydrogens (primary N) is 1. The van der Waals surface area contributed by atoms with Crippen LogP contribution in [0.15, 0.2) is 30.5 Å². The topological polar surface area (TPSA) is 60.3 Å². The number of rotatable bonds is 3. The number of aromatic nitrogens is 1. The molecule has 1 atom stereocenters. The number of benzene rings is 1. The van der Waals surface area contributed by atoms with Gasteiger partial charge in [0.1, 0.15) is 0 Å². The normalized spacial score (nSPS) is 20.3. The second-order valence-corrected chi connectivity index (χ2v) is 4.88. The Morgan fingerprint density at radius 3 is 2.83 bits per heavy atom. The Labute approximate surface area is 106 Å². The summed E-state index contributed by atoms with van der Waals surface area (Å²) < 4.78 is 11.2. The third-order valence-electron chi connectivity index (χ3n) is 3.65. The molecule has 0 saturated carbocycles. The molecule has 2 heterocycles. The second kappa shape index (κ2) is 4.39. The van der Waals surface area contributed by atoms with Crippen molar-refractivity contribution in [2.45, 2.75) is 25.2 Å². The fraction of sp³-hybridized carbons (Fsp3) is 0.429. The van der Waals surface area contributed by atoms with Gasteiger partial charge in [0.25, 0.3) is 0 Å². The zero-order valence-corrected chi connectivity index (χ0v) is 10.5. The number of fused-ring (bicyclic) bond motifs is 1. The first-order valence-corrected chi connectivity index (χ1v) is 6.27. The molecule has 2 aromatic rings. The molecule has 3 N–H and O–H groups in total. The lowest BCUT2D eigenvalue weighted by Crippen LogP contribution is -2.47. The summed E-state index contributed by atoms with van der Waals surface area (Å²) in [5.74, 6) is -0.654. The highest BCUT2D eigenvalue weighted by Crippen LogP contribution is 2.26. The number of para-hydroxylation sites is 1. The van der Waals surface area contributed by atoms with E-state index in [0.717, 1.165) is 11.9 Å². The van der Waals surface area contributed by atoms with Crippen molar-refractivity contribution in [2.24, 2.45) is 5.73 Å². The lowest BCUT2D eigenvalue weighted by molar-refractivity contribution is -0.157. The van der Waals surface area contributed by atoms with Crippen LogP contribution in [-0.4, -0.2) is 30.0 Å². The molecule has 1 fully saturated rings. The number of H-pyrrole nitrogens is 1. The quantitative estimate of drug-likeness (QED) is 0.868. The molecule has 4 heteroatoms. The Kier molecular flexibility index (Phi) is 2.86. The fourth-order valence-electron chi connectivity index (χ4n) is 2.47. The summed E-state index contributed by atoms with van der Waals surface area (Å²) in [7, 11) is 0. The van der Waals surface area contributed by atoms with Crippen molar-refractivity contribution < 1.29 is 9.47 Å². The van der Waals surface area contributed by atoms with Gasteiger partial charge in [-0.15, -0.1) is 0 Å². The van der Waals surface area contributed by atoms with Crippen LogP contribution in [0.5, 0.6) is 0 Å². The van der Waals surface area contributed by atoms with Crippen molar-refractivity contribution in [1.82, 2.24) is 4.98 Å². The monoisotopic (exact) mass is 246 g/mol. The number of hydrogen-bond acceptors (Lipinski definition) is 3. The molecule has 1 saturated heterocycles. The van der Waals surface area contributed by atoms with E-state index in [1.807, 2.05) is 25.3 Å². The van der Waals surface area contributed by atoms with Gasteiger partial charge in [-0.3, -0.25) is 0 Å². The molecule has 0 aliphatic carbocycles. The van der Waals surface area contributed by atoms with E-state index in [-0.39, 0.29) is 6.04 Å². The van der Waals surface area contributed by atoms with Crippen LogP contribution >= 0.6 is 0 Å². The average Bonchev–Trinajstić information content (AvgIpc) is 2.98. The number of hydrogen-bond donors (Lipinski definition) is 2. The molecule has 1 aromatic heterocycles. The molecule has 1 aromatic carbocycles. The third-order valence-corrected chi connectivity index (χ3v) is 3.65. The minimum atomic E-state index is -0.654. The number of ether oxygens (including phenoxy) is 2. The molecule has 0 amide bonds. The van der Waals surface area contributed by atoms with Crippen LogP contribution in [0.3, 0.4) is 0 Å². The van der Waals surface area contributed by atoms with Gasteiger partial charge in [-0.05, 0) is 25.0 Å². The second-order valence-electron chi connectivity index (χ2n) is 4.88. The SMILES string of the molecule is CC1([C@H](N)Cc2c[nH]c3ccccc23)OCCO1. The van der Waals surface area contributed by atoms with Crippen molar-refractivity contribution >= 4 is 10.9 Å². The largest absolute Gasteiger partial charge is 0.361 e. The van der Waals surface area contributed by atoms with E-state index in [0.29, 0.717) is 13.2 Å². The molecule has 0 spiro atoms. The third kappa shape index (κ3) is 1.92. The van der Waals surface area contributed by atoms with Crippen molar-refractivity contribution in [2.75, 3.05) is 13.2 Å². The zero-order valence-electron chi connectivity index (χ0n) is 10.5. The summed E-state index contributed by atoms with van der Waals surface area (Å²) in [5, 5.41) is 1.22. The summed E-state index contributed by atoms with van der Waals surface area (Å²) in [5.41, 5.74) is 8.58. The lowest BCUT2D eigenvalue weighted by Gasteiger charge is -2.29. The Bertz CT molecular complexity index is 543. The van der Waals surface area contributed by atoms with Gasteiger partial charge in [-0.25, -0.2) is 0 Å². The number of aromatic amines is 1. The van der Waals surface area contributed by atoms with E-state index in [1.165, 1.54) is 10.9 Å². The molecule has 4 nitrogen and oxygen atoms in total. The van der Waals surface area contributed by atoms with E-state index in [1.54, 1.807) is 0 Å². The molecular formula is C14H18N2O2. The number of nitrogens with one attached hydrogen (secondary N) is 1. The van der Waals surface area contributed by atoms with E-state index < -0.39 is 5.79 Å². The average molecular weight is 246 g/mol. The Morgan fingerprint density at radius 1 is 1.33 bits per heavy atom. The van der Waals surface area contributed by atoms with Gasteiger partial charge >= 0.3 is 0 Å². The van der Waals surface area contributed by atoms with Gasteiger partial charge in [0.15, 0.2) is 5.79 Å². The molecule has 3 rings (SSSR count). The van der Waals surface area contributed by atoms with Crippen LogP contribution in [0.1, 0.15) is 12.5 Å². The predicted octanol–water partition coefficient (Wildman–Crippen LogP) is 1.80. The van der Waals surface area contributed by atoms with Crippen LogP contribution in [0.4, 0.5) is 0 Å². The summed E-state index contributed by atoms with van der Waals surface area (Å²) in [6.45, 7) is 3.16. The maximum Gasteiger partial charge on any atom is 0.181 e.